The number of hydrogen-bond acceptors (Lipinski definition) is 1. The van der Waals surface area contributed by atoms with E-state index in [0.29, 0.717) is 0 Å². The van der Waals surface area contributed by atoms with Crippen LogP contribution in [0.3, 0.4) is 0 Å². The average Bonchev–Trinajstić information content (AvgIpc) is 1.89. The first-order valence-corrected chi connectivity index (χ1v) is 12.1. The van der Waals surface area contributed by atoms with Crippen molar-refractivity contribution in [3.05, 3.63) is 22.4 Å². The summed E-state index contributed by atoms with van der Waals surface area (Å²) < 4.78 is 1.24. The Morgan fingerprint density at radius 2 is 2.40 bits per heavy atom. The van der Waals surface area contributed by atoms with Gasteiger partial charge in [0.25, 0.3) is 0 Å². The molecule has 0 aromatic rings. The number of hydrogen-bond donors (Lipinski definition) is 1. The summed E-state index contributed by atoms with van der Waals surface area (Å²) in [5.74, 6) is 0. The third-order valence-electron chi connectivity index (χ3n) is 0.780. The fourth-order valence-corrected chi connectivity index (χ4v) is 3.31. The molecule has 2 N–H and O–H groups in total. The van der Waals surface area contributed by atoms with Crippen molar-refractivity contribution in [3.8, 4) is 0 Å². The molecule has 0 rings (SSSR count). The number of allylic oxidation sites excluding steroid dienone is 2. The van der Waals surface area contributed by atoms with Crippen molar-refractivity contribution in [1.29, 1.82) is 0 Å². The van der Waals surface area contributed by atoms with Gasteiger partial charge in [-0.3, -0.25) is 0 Å². The molecular weight excluding hydrogens is 354 g/mol. The Labute approximate surface area is 78.2 Å². The summed E-state index contributed by atoms with van der Waals surface area (Å²) in [5.41, 5.74) is 5.08. The second kappa shape index (κ2) is 6.14. The third-order valence-corrected chi connectivity index (χ3v) is 6.37. The van der Waals surface area contributed by atoms with Crippen molar-refractivity contribution in [2.45, 2.75) is 0 Å². The van der Waals surface area contributed by atoms with E-state index in [4.69, 9.17) is 5.73 Å². The van der Waals surface area contributed by atoms with Crippen LogP contribution in [0.1, 0.15) is 0 Å². The van der Waals surface area contributed by atoms with Crippen LogP contribution in [-0.4, -0.2) is 11.3 Å². The van der Waals surface area contributed by atoms with Crippen LogP contribution in [0.5, 0.6) is 0 Å². The molecular formula is C6H10I2N2. The maximum absolute atomic E-state index is 5.08. The molecule has 4 heteroatoms. The molecule has 0 aliphatic carbocycles. The van der Waals surface area contributed by atoms with Crippen LogP contribution in [0.15, 0.2) is 27.4 Å². The van der Waals surface area contributed by atoms with Gasteiger partial charge >= 0.3 is 78.9 Å². The van der Waals surface area contributed by atoms with Crippen LogP contribution in [-0.2, 0) is 0 Å². The summed E-state index contributed by atoms with van der Waals surface area (Å²) in [6, 6.07) is 0. The SMILES string of the molecule is C=C/C(=C\N=CN)I(C)I. The van der Waals surface area contributed by atoms with Crippen LogP contribution < -0.4 is 5.73 Å². The molecule has 0 aliphatic heterocycles. The normalized spacial score (nSPS) is 13.8. The van der Waals surface area contributed by atoms with E-state index in [1.807, 2.05) is 6.08 Å². The van der Waals surface area contributed by atoms with Gasteiger partial charge in [0.1, 0.15) is 0 Å². The minimum atomic E-state index is -0.927. The van der Waals surface area contributed by atoms with Crippen LogP contribution in [0.4, 0.5) is 0 Å². The van der Waals surface area contributed by atoms with Gasteiger partial charge in [-0.05, 0) is 0 Å². The topological polar surface area (TPSA) is 38.4 Å². The molecule has 0 heterocycles. The number of nitrogens with two attached hydrogens (primary N) is 1. The standard InChI is InChI=1S/C6H10I2N2/c1-3-6(8(2)7)4-10-5-9/h3-5H,1H2,2H3,(H2,9,10)/b6-4+. The molecule has 0 aromatic heterocycles. The van der Waals surface area contributed by atoms with E-state index in [-0.39, 0.29) is 0 Å². The third kappa shape index (κ3) is 4.26. The van der Waals surface area contributed by atoms with Crippen LogP contribution in [0.2, 0.25) is 0 Å². The number of nitrogens with zero attached hydrogens (tertiary/aromatic N) is 1. The van der Waals surface area contributed by atoms with Gasteiger partial charge < -0.3 is 0 Å². The van der Waals surface area contributed by atoms with Gasteiger partial charge in [-0.15, -0.1) is 0 Å². The van der Waals surface area contributed by atoms with Crippen molar-refractivity contribution < 1.29 is 0 Å². The zero-order valence-electron chi connectivity index (χ0n) is 5.72. The number of alkyl halides is 1. The van der Waals surface area contributed by atoms with Crippen molar-refractivity contribution in [2.24, 2.45) is 10.7 Å². The molecule has 0 amide bonds. The van der Waals surface area contributed by atoms with Crippen molar-refractivity contribution in [3.63, 3.8) is 0 Å². The Hall–Kier alpha value is 0.410. The molecule has 0 saturated carbocycles. The van der Waals surface area contributed by atoms with Gasteiger partial charge in [0.15, 0.2) is 0 Å². The van der Waals surface area contributed by atoms with E-state index in [0.717, 1.165) is 0 Å². The number of rotatable bonds is 3. The van der Waals surface area contributed by atoms with Gasteiger partial charge in [-0.2, -0.15) is 0 Å². The first-order chi connectivity index (χ1) is 4.72. The quantitative estimate of drug-likeness (QED) is 0.270. The second-order valence-electron chi connectivity index (χ2n) is 1.42. The van der Waals surface area contributed by atoms with Gasteiger partial charge in [0.05, 0.1) is 0 Å². The summed E-state index contributed by atoms with van der Waals surface area (Å²) in [6.45, 7) is 3.69. The molecule has 0 aromatic carbocycles. The van der Waals surface area contributed by atoms with Crippen molar-refractivity contribution in [2.75, 3.05) is 4.93 Å². The first kappa shape index (κ1) is 10.4. The molecule has 0 spiro atoms. The molecule has 0 radical (unpaired) electrons. The Kier molecular flexibility index (Phi) is 6.39. The van der Waals surface area contributed by atoms with Crippen LogP contribution >= 0.6 is 34.5 Å². The summed E-state index contributed by atoms with van der Waals surface area (Å²) in [4.78, 5) is 6.04. The predicted molar refractivity (Wildman–Crippen MR) is 64.9 cm³/mol. The minimum absolute atomic E-state index is 0.927. The Morgan fingerprint density at radius 3 is 2.70 bits per heavy atom. The molecule has 2 nitrogen and oxygen atoms in total. The number of aliphatic imine (C=N–C) groups is 1. The summed E-state index contributed by atoms with van der Waals surface area (Å²) in [7, 11) is 0. The van der Waals surface area contributed by atoms with E-state index in [1.165, 1.54) is 9.92 Å². The molecule has 0 fully saturated rings. The van der Waals surface area contributed by atoms with E-state index in [9.17, 15) is 0 Å². The molecule has 0 unspecified atom stereocenters. The van der Waals surface area contributed by atoms with Gasteiger partial charge in [-0.1, -0.05) is 0 Å². The monoisotopic (exact) mass is 364 g/mol. The van der Waals surface area contributed by atoms with Crippen LogP contribution in [0.25, 0.3) is 0 Å². The van der Waals surface area contributed by atoms with E-state index in [2.05, 4.69) is 35.1 Å². The molecule has 0 atom stereocenters. The van der Waals surface area contributed by atoms with E-state index in [1.54, 1.807) is 6.20 Å². The Bertz CT molecular complexity index is 161. The first-order valence-electron chi connectivity index (χ1n) is 2.55. The maximum atomic E-state index is 5.08. The van der Waals surface area contributed by atoms with Gasteiger partial charge in [-0.25, -0.2) is 0 Å². The molecule has 10 heavy (non-hydrogen) atoms. The summed E-state index contributed by atoms with van der Waals surface area (Å²) in [5, 5.41) is 0. The molecule has 0 bridgehead atoms. The summed E-state index contributed by atoms with van der Waals surface area (Å²) >= 11 is 1.52. The summed E-state index contributed by atoms with van der Waals surface area (Å²) in [6.07, 6.45) is 4.92. The molecule has 0 saturated heterocycles. The molecule has 58 valence electrons. The second-order valence-corrected chi connectivity index (χ2v) is 13.2. The zero-order valence-corrected chi connectivity index (χ0v) is 10.0. The van der Waals surface area contributed by atoms with E-state index < -0.39 is 15.8 Å². The van der Waals surface area contributed by atoms with Crippen molar-refractivity contribution >= 4 is 40.8 Å². The Balaban J connectivity index is 4.18. The molecule has 0 aliphatic rings. The predicted octanol–water partition coefficient (Wildman–Crippen LogP) is 2.49. The van der Waals surface area contributed by atoms with Crippen molar-refractivity contribution in [1.82, 2.24) is 0 Å². The van der Waals surface area contributed by atoms with Gasteiger partial charge in [0.2, 0.25) is 0 Å². The van der Waals surface area contributed by atoms with Crippen LogP contribution in [0, 0.1) is 0 Å². The fourth-order valence-electron chi connectivity index (χ4n) is 0.340. The Morgan fingerprint density at radius 1 is 1.80 bits per heavy atom. The average molecular weight is 364 g/mol. The van der Waals surface area contributed by atoms with Gasteiger partial charge in [0, 0.05) is 0 Å². The fraction of sp³-hybridized carbons (Fsp3) is 0.167. The van der Waals surface area contributed by atoms with E-state index >= 15 is 0 Å². The number of halogens is 2. The zero-order chi connectivity index (χ0) is 7.98.